The van der Waals surface area contributed by atoms with Crippen LogP contribution >= 0.6 is 22.7 Å². The Hall–Kier alpha value is -1.60. The average molecular weight is 349 g/mol. The second kappa shape index (κ2) is 6.03. The van der Waals surface area contributed by atoms with Crippen LogP contribution in [0, 0.1) is 17.0 Å². The Morgan fingerprint density at radius 2 is 2.24 bits per heavy atom. The number of nitrogens with two attached hydrogens (primary N) is 1. The molecule has 0 spiro atoms. The molecule has 21 heavy (non-hydrogen) atoms. The molecule has 2 heterocycles. The molecule has 0 aliphatic heterocycles. The lowest BCUT2D eigenvalue weighted by Crippen LogP contribution is -2.22. The molecule has 0 aliphatic carbocycles. The molecule has 0 radical (unpaired) electrons. The Labute approximate surface area is 128 Å². The number of nitrogen functional groups attached to an aromatic ring is 1. The van der Waals surface area contributed by atoms with Gasteiger partial charge in [0.25, 0.3) is 10.0 Å². The van der Waals surface area contributed by atoms with Gasteiger partial charge in [-0.3, -0.25) is 10.1 Å². The molecular weight excluding hydrogens is 338 g/mol. The minimum absolute atomic E-state index is 0.0227. The zero-order chi connectivity index (χ0) is 15.6. The van der Waals surface area contributed by atoms with Gasteiger partial charge in [0.05, 0.1) is 11.5 Å². The van der Waals surface area contributed by atoms with Crippen molar-refractivity contribution < 1.29 is 13.3 Å². The first-order valence-corrected chi connectivity index (χ1v) is 8.67. The number of nitrogens with one attached hydrogen (secondary N) is 2. The van der Waals surface area contributed by atoms with Gasteiger partial charge in [-0.25, -0.2) is 24.0 Å². The number of aromatic nitrogens is 1. The molecule has 0 atom stereocenters. The molecule has 2 aromatic heterocycles. The van der Waals surface area contributed by atoms with Gasteiger partial charge in [0.15, 0.2) is 5.00 Å². The quantitative estimate of drug-likeness (QED) is 0.404. The Kier molecular flexibility index (Phi) is 4.53. The van der Waals surface area contributed by atoms with E-state index in [2.05, 4.69) is 15.1 Å². The van der Waals surface area contributed by atoms with Crippen molar-refractivity contribution in [1.82, 2.24) is 9.71 Å². The molecular formula is C9H11N5O4S3. The van der Waals surface area contributed by atoms with Crippen LogP contribution < -0.4 is 16.0 Å². The smallest absolute Gasteiger partial charge is 0.306 e. The molecule has 12 heteroatoms. The maximum atomic E-state index is 12.1. The predicted molar refractivity (Wildman–Crippen MR) is 79.7 cm³/mol. The van der Waals surface area contributed by atoms with Crippen LogP contribution in [0.25, 0.3) is 0 Å². The van der Waals surface area contributed by atoms with E-state index in [0.717, 1.165) is 11.8 Å². The van der Waals surface area contributed by atoms with E-state index >= 15 is 0 Å². The number of nitrogens with zero attached hydrogens (tertiary/aromatic N) is 2. The summed E-state index contributed by atoms with van der Waals surface area (Å²) < 4.78 is 26.4. The maximum Gasteiger partial charge on any atom is 0.306 e. The van der Waals surface area contributed by atoms with Gasteiger partial charge in [-0.15, -0.1) is 11.3 Å². The number of aryl methyl sites for hydroxylation is 1. The SMILES string of the molecule is Cc1csc(CNS(=O)(=O)c2cc([N+](=O)[O-])c(NN)s2)n1. The van der Waals surface area contributed by atoms with Crippen molar-refractivity contribution in [3.8, 4) is 0 Å². The molecule has 0 saturated carbocycles. The Balaban J connectivity index is 2.21. The fourth-order valence-corrected chi connectivity index (χ4v) is 4.52. The summed E-state index contributed by atoms with van der Waals surface area (Å²) in [7, 11) is -3.86. The maximum absolute atomic E-state index is 12.1. The first-order chi connectivity index (χ1) is 9.83. The fraction of sp³-hybridized carbons (Fsp3) is 0.222. The zero-order valence-corrected chi connectivity index (χ0v) is 13.1. The van der Waals surface area contributed by atoms with Crippen LogP contribution in [0.3, 0.4) is 0 Å². The van der Waals surface area contributed by atoms with Crippen LogP contribution in [-0.2, 0) is 16.6 Å². The zero-order valence-electron chi connectivity index (χ0n) is 10.7. The Morgan fingerprint density at radius 1 is 1.52 bits per heavy atom. The van der Waals surface area contributed by atoms with Crippen molar-refractivity contribution in [2.24, 2.45) is 5.84 Å². The number of rotatable bonds is 6. The highest BCUT2D eigenvalue weighted by Crippen LogP contribution is 2.36. The highest BCUT2D eigenvalue weighted by Gasteiger charge is 2.25. The molecule has 0 aromatic carbocycles. The normalized spacial score (nSPS) is 11.5. The van der Waals surface area contributed by atoms with E-state index in [1.807, 2.05) is 0 Å². The molecule has 0 bridgehead atoms. The van der Waals surface area contributed by atoms with Crippen LogP contribution in [0.4, 0.5) is 10.7 Å². The fourth-order valence-electron chi connectivity index (χ4n) is 1.44. The second-order valence-electron chi connectivity index (χ2n) is 3.89. The van der Waals surface area contributed by atoms with Crippen LogP contribution in [0.5, 0.6) is 0 Å². The van der Waals surface area contributed by atoms with Gasteiger partial charge in [-0.1, -0.05) is 11.3 Å². The van der Waals surface area contributed by atoms with Gasteiger partial charge < -0.3 is 5.43 Å². The summed E-state index contributed by atoms with van der Waals surface area (Å²) in [4.78, 5) is 14.2. The lowest BCUT2D eigenvalue weighted by Gasteiger charge is -2.01. The number of thiophene rings is 1. The van der Waals surface area contributed by atoms with Gasteiger partial charge in [-0.2, -0.15) is 0 Å². The molecule has 114 valence electrons. The highest BCUT2D eigenvalue weighted by atomic mass is 32.2. The molecule has 2 aromatic rings. The Bertz CT molecular complexity index is 766. The third-order valence-electron chi connectivity index (χ3n) is 2.36. The molecule has 0 aliphatic rings. The number of hydrogen-bond acceptors (Lipinski definition) is 9. The lowest BCUT2D eigenvalue weighted by molar-refractivity contribution is -0.383. The average Bonchev–Trinajstić information content (AvgIpc) is 3.02. The molecule has 0 amide bonds. The number of hydrogen-bond donors (Lipinski definition) is 3. The van der Waals surface area contributed by atoms with Crippen molar-refractivity contribution >= 4 is 43.4 Å². The molecule has 9 nitrogen and oxygen atoms in total. The van der Waals surface area contributed by atoms with E-state index in [9.17, 15) is 18.5 Å². The number of sulfonamides is 1. The summed E-state index contributed by atoms with van der Waals surface area (Å²) in [5.41, 5.74) is 2.54. The van der Waals surface area contributed by atoms with Crippen molar-refractivity contribution in [1.29, 1.82) is 0 Å². The minimum Gasteiger partial charge on any atom is -0.310 e. The first-order valence-electron chi connectivity index (χ1n) is 5.49. The summed E-state index contributed by atoms with van der Waals surface area (Å²) in [6.07, 6.45) is 0. The monoisotopic (exact) mass is 349 g/mol. The topological polar surface area (TPSA) is 140 Å². The predicted octanol–water partition coefficient (Wildman–Crippen LogP) is 1.19. The lowest BCUT2D eigenvalue weighted by atomic mass is 10.5. The number of nitro groups is 1. The third kappa shape index (κ3) is 3.54. The van der Waals surface area contributed by atoms with Gasteiger partial charge in [0.2, 0.25) is 0 Å². The summed E-state index contributed by atoms with van der Waals surface area (Å²) in [5, 5.41) is 13.2. The van der Waals surface area contributed by atoms with Crippen LogP contribution in [0.1, 0.15) is 10.7 Å². The van der Waals surface area contributed by atoms with Gasteiger partial charge in [-0.05, 0) is 6.92 Å². The van der Waals surface area contributed by atoms with Gasteiger partial charge in [0, 0.05) is 17.1 Å². The first kappa shape index (κ1) is 15.8. The summed E-state index contributed by atoms with van der Waals surface area (Å²) in [6.45, 7) is 1.83. The van der Waals surface area contributed by atoms with Crippen LogP contribution in [0.15, 0.2) is 15.7 Å². The van der Waals surface area contributed by atoms with Crippen LogP contribution in [0.2, 0.25) is 0 Å². The van der Waals surface area contributed by atoms with Crippen molar-refractivity contribution in [2.45, 2.75) is 17.7 Å². The number of thiazole rings is 1. The van der Waals surface area contributed by atoms with E-state index in [1.54, 1.807) is 12.3 Å². The minimum atomic E-state index is -3.86. The number of anilines is 1. The summed E-state index contributed by atoms with van der Waals surface area (Å²) >= 11 is 2.02. The molecule has 4 N–H and O–H groups in total. The molecule has 0 fully saturated rings. The van der Waals surface area contributed by atoms with E-state index < -0.39 is 14.9 Å². The van der Waals surface area contributed by atoms with Gasteiger partial charge in [0.1, 0.15) is 9.22 Å². The van der Waals surface area contributed by atoms with E-state index in [1.165, 1.54) is 11.3 Å². The van der Waals surface area contributed by atoms with Crippen molar-refractivity contribution in [2.75, 3.05) is 5.43 Å². The van der Waals surface area contributed by atoms with Crippen LogP contribution in [-0.4, -0.2) is 18.3 Å². The van der Waals surface area contributed by atoms with E-state index in [-0.39, 0.29) is 21.4 Å². The standard InChI is InChI=1S/C9H11N5O4S3/c1-5-4-19-7(12-5)3-11-21(17,18)8-2-6(14(15)16)9(13-10)20-8/h2,4,11,13H,3,10H2,1H3. The Morgan fingerprint density at radius 3 is 2.71 bits per heavy atom. The second-order valence-corrected chi connectivity index (χ2v) is 7.88. The van der Waals surface area contributed by atoms with Gasteiger partial charge >= 0.3 is 5.69 Å². The highest BCUT2D eigenvalue weighted by molar-refractivity contribution is 7.91. The van der Waals surface area contributed by atoms with E-state index in [0.29, 0.717) is 16.3 Å². The number of hydrazine groups is 1. The molecule has 0 saturated heterocycles. The van der Waals surface area contributed by atoms with Crippen molar-refractivity contribution in [3.05, 3.63) is 32.3 Å². The summed E-state index contributed by atoms with van der Waals surface area (Å²) in [6, 6.07) is 0.968. The summed E-state index contributed by atoms with van der Waals surface area (Å²) in [5.74, 6) is 5.15. The largest absolute Gasteiger partial charge is 0.310 e. The van der Waals surface area contributed by atoms with Crippen molar-refractivity contribution in [3.63, 3.8) is 0 Å². The third-order valence-corrected chi connectivity index (χ3v) is 6.26. The van der Waals surface area contributed by atoms with E-state index in [4.69, 9.17) is 5.84 Å². The molecule has 0 unspecified atom stereocenters. The molecule has 2 rings (SSSR count).